The quantitative estimate of drug-likeness (QED) is 0.562. The summed E-state index contributed by atoms with van der Waals surface area (Å²) < 4.78 is 9.56. The van der Waals surface area contributed by atoms with Gasteiger partial charge in [-0.05, 0) is 24.3 Å². The van der Waals surface area contributed by atoms with Crippen molar-refractivity contribution in [1.29, 1.82) is 0 Å². The molecule has 0 radical (unpaired) electrons. The normalized spacial score (nSPS) is 9.53. The second kappa shape index (κ2) is 6.49. The topological polar surface area (TPSA) is 76.7 Å². The molecule has 0 saturated heterocycles. The predicted molar refractivity (Wildman–Crippen MR) is 60.5 cm³/mol. The summed E-state index contributed by atoms with van der Waals surface area (Å²) in [5.41, 5.74) is 5.46. The van der Waals surface area contributed by atoms with Crippen LogP contribution in [-0.2, 0) is 9.53 Å². The molecular weight excluding hydrogens is 224 g/mol. The number of methoxy groups -OCH3 is 1. The summed E-state index contributed by atoms with van der Waals surface area (Å²) in [5, 5.41) is 0. The van der Waals surface area contributed by atoms with Gasteiger partial charge in [0, 0.05) is 12.6 Å². The summed E-state index contributed by atoms with van der Waals surface area (Å²) in [6.45, 7) is -0.154. The molecule has 2 N–H and O–H groups in total. The van der Waals surface area contributed by atoms with E-state index >= 15 is 0 Å². The van der Waals surface area contributed by atoms with Crippen molar-refractivity contribution in [3.63, 3.8) is 0 Å². The van der Waals surface area contributed by atoms with Crippen molar-refractivity contribution < 1.29 is 19.1 Å². The summed E-state index contributed by atoms with van der Waals surface area (Å²) in [4.78, 5) is 22.2. The highest BCUT2D eigenvalue weighted by Gasteiger charge is 2.05. The van der Waals surface area contributed by atoms with Gasteiger partial charge in [0.05, 0.1) is 7.11 Å². The van der Waals surface area contributed by atoms with E-state index in [1.807, 2.05) is 0 Å². The molecule has 17 heavy (non-hydrogen) atoms. The lowest BCUT2D eigenvalue weighted by molar-refractivity contribution is -0.142. The Hall–Kier alpha value is -2.08. The number of benzene rings is 1. The lowest BCUT2D eigenvalue weighted by Crippen LogP contribution is -2.34. The first-order chi connectivity index (χ1) is 8.17. The van der Waals surface area contributed by atoms with Gasteiger partial charge in [0.15, 0.2) is 6.61 Å². The minimum atomic E-state index is -0.456. The maximum absolute atomic E-state index is 11.4. The number of rotatable bonds is 5. The van der Waals surface area contributed by atoms with E-state index in [0.717, 1.165) is 0 Å². The monoisotopic (exact) mass is 238 g/mol. The van der Waals surface area contributed by atoms with Crippen molar-refractivity contribution in [2.75, 3.05) is 20.8 Å². The van der Waals surface area contributed by atoms with Gasteiger partial charge in [-0.2, -0.15) is 0 Å². The third-order valence-electron chi connectivity index (χ3n) is 1.94. The molecule has 0 atom stereocenters. The average molecular weight is 238 g/mol. The number of esters is 1. The van der Waals surface area contributed by atoms with Crippen molar-refractivity contribution in [2.24, 2.45) is 0 Å². The van der Waals surface area contributed by atoms with E-state index in [9.17, 15) is 9.59 Å². The Balaban J connectivity index is 2.56. The molecule has 1 aromatic rings. The number of carbonyl (C=O) groups is 2. The van der Waals surface area contributed by atoms with E-state index in [1.54, 1.807) is 31.3 Å². The molecule has 0 bridgehead atoms. The predicted octanol–water partition coefficient (Wildman–Crippen LogP) is 0.103. The minimum Gasteiger partial charge on any atom is -0.482 e. The number of carbonyl (C=O) groups excluding carboxylic acids is 2. The number of amides is 1. The van der Waals surface area contributed by atoms with Crippen LogP contribution in [0.1, 0.15) is 10.4 Å². The number of hydrazine groups is 1. The highest BCUT2D eigenvalue weighted by molar-refractivity contribution is 5.93. The van der Waals surface area contributed by atoms with Crippen molar-refractivity contribution >= 4 is 11.9 Å². The smallest absolute Gasteiger partial charge is 0.343 e. The lowest BCUT2D eigenvalue weighted by Gasteiger charge is -2.06. The van der Waals surface area contributed by atoms with E-state index in [2.05, 4.69) is 15.6 Å². The van der Waals surface area contributed by atoms with E-state index in [0.29, 0.717) is 11.3 Å². The van der Waals surface area contributed by atoms with Crippen LogP contribution < -0.4 is 15.6 Å². The Morgan fingerprint density at radius 3 is 2.41 bits per heavy atom. The molecule has 6 heteroatoms. The Morgan fingerprint density at radius 1 is 1.24 bits per heavy atom. The van der Waals surface area contributed by atoms with Gasteiger partial charge in [-0.3, -0.25) is 10.2 Å². The Bertz CT molecular complexity index is 389. The number of nitrogens with one attached hydrogen (secondary N) is 2. The first-order valence-electron chi connectivity index (χ1n) is 4.94. The molecule has 1 amide bonds. The highest BCUT2D eigenvalue weighted by Crippen LogP contribution is 2.11. The zero-order valence-electron chi connectivity index (χ0n) is 9.65. The number of hydrogen-bond donors (Lipinski definition) is 2. The first-order valence-corrected chi connectivity index (χ1v) is 4.94. The summed E-state index contributed by atoms with van der Waals surface area (Å²) in [7, 11) is 2.89. The zero-order valence-corrected chi connectivity index (χ0v) is 9.65. The van der Waals surface area contributed by atoms with Crippen molar-refractivity contribution in [2.45, 2.75) is 0 Å². The molecule has 6 nitrogen and oxygen atoms in total. The fourth-order valence-electron chi connectivity index (χ4n) is 1.09. The van der Waals surface area contributed by atoms with E-state index < -0.39 is 5.97 Å². The van der Waals surface area contributed by atoms with Gasteiger partial charge in [0.25, 0.3) is 5.91 Å². The van der Waals surface area contributed by atoms with Crippen LogP contribution in [0.3, 0.4) is 0 Å². The summed E-state index contributed by atoms with van der Waals surface area (Å²) in [6.07, 6.45) is 0. The summed E-state index contributed by atoms with van der Waals surface area (Å²) in [6, 6.07) is 6.40. The number of hydrogen-bond acceptors (Lipinski definition) is 5. The van der Waals surface area contributed by atoms with Crippen LogP contribution in [0.2, 0.25) is 0 Å². The maximum atomic E-state index is 11.4. The van der Waals surface area contributed by atoms with Gasteiger partial charge in [-0.15, -0.1) is 0 Å². The van der Waals surface area contributed by atoms with Crippen molar-refractivity contribution in [3.05, 3.63) is 29.8 Å². The summed E-state index contributed by atoms with van der Waals surface area (Å²) >= 11 is 0. The van der Waals surface area contributed by atoms with Gasteiger partial charge >= 0.3 is 5.97 Å². The third-order valence-corrected chi connectivity index (χ3v) is 1.94. The van der Waals surface area contributed by atoms with Gasteiger partial charge in [-0.25, -0.2) is 10.2 Å². The molecule has 0 unspecified atom stereocenters. The molecule has 1 rings (SSSR count). The van der Waals surface area contributed by atoms with Crippen LogP contribution in [0.5, 0.6) is 5.75 Å². The van der Waals surface area contributed by atoms with Crippen LogP contribution in [0.25, 0.3) is 0 Å². The molecule has 0 aromatic heterocycles. The van der Waals surface area contributed by atoms with Crippen LogP contribution >= 0.6 is 0 Å². The molecule has 0 fully saturated rings. The minimum absolute atomic E-state index is 0.154. The maximum Gasteiger partial charge on any atom is 0.343 e. The first kappa shape index (κ1) is 13.0. The van der Waals surface area contributed by atoms with Gasteiger partial charge in [0.2, 0.25) is 0 Å². The molecule has 0 aliphatic rings. The molecule has 1 aromatic carbocycles. The Kier molecular flexibility index (Phi) is 4.96. The lowest BCUT2D eigenvalue weighted by atomic mass is 10.2. The van der Waals surface area contributed by atoms with Crippen LogP contribution in [0.4, 0.5) is 0 Å². The van der Waals surface area contributed by atoms with Gasteiger partial charge in [0.1, 0.15) is 5.75 Å². The third kappa shape index (κ3) is 4.12. The van der Waals surface area contributed by atoms with Gasteiger partial charge < -0.3 is 9.47 Å². The van der Waals surface area contributed by atoms with Gasteiger partial charge in [-0.1, -0.05) is 0 Å². The largest absolute Gasteiger partial charge is 0.482 e. The molecule has 0 saturated carbocycles. The van der Waals surface area contributed by atoms with Crippen LogP contribution in [-0.4, -0.2) is 32.6 Å². The average Bonchev–Trinajstić information content (AvgIpc) is 2.36. The second-order valence-electron chi connectivity index (χ2n) is 3.09. The zero-order chi connectivity index (χ0) is 12.7. The standard InChI is InChI=1S/C11H14N2O4/c1-12-13-11(15)8-3-5-9(6-4-8)17-7-10(14)16-2/h3-6,12H,7H2,1-2H3,(H,13,15). The fraction of sp³-hybridized carbons (Fsp3) is 0.273. The highest BCUT2D eigenvalue weighted by atomic mass is 16.6. The van der Waals surface area contributed by atoms with E-state index in [4.69, 9.17) is 4.74 Å². The SMILES string of the molecule is CNNC(=O)c1ccc(OCC(=O)OC)cc1. The van der Waals surface area contributed by atoms with Crippen LogP contribution in [0, 0.1) is 0 Å². The molecule has 0 heterocycles. The molecule has 0 aliphatic heterocycles. The Labute approximate surface area is 98.9 Å². The van der Waals surface area contributed by atoms with Crippen LogP contribution in [0.15, 0.2) is 24.3 Å². The Morgan fingerprint density at radius 2 is 1.88 bits per heavy atom. The molecule has 92 valence electrons. The molecular formula is C11H14N2O4. The molecule has 0 aliphatic carbocycles. The summed E-state index contributed by atoms with van der Waals surface area (Å²) in [5.74, 6) is -0.203. The van der Waals surface area contributed by atoms with Crippen molar-refractivity contribution in [3.8, 4) is 5.75 Å². The van der Waals surface area contributed by atoms with E-state index in [1.165, 1.54) is 7.11 Å². The second-order valence-corrected chi connectivity index (χ2v) is 3.09. The number of ether oxygens (including phenoxy) is 2. The molecule has 0 spiro atoms. The fourth-order valence-corrected chi connectivity index (χ4v) is 1.09. The van der Waals surface area contributed by atoms with E-state index in [-0.39, 0.29) is 12.5 Å². The van der Waals surface area contributed by atoms with Crippen molar-refractivity contribution in [1.82, 2.24) is 10.9 Å².